The van der Waals surface area contributed by atoms with Crippen molar-refractivity contribution in [1.29, 1.82) is 0 Å². The second kappa shape index (κ2) is 6.42. The van der Waals surface area contributed by atoms with Gasteiger partial charge in [-0.3, -0.25) is 9.88 Å². The first-order valence-corrected chi connectivity index (χ1v) is 8.37. The van der Waals surface area contributed by atoms with Gasteiger partial charge in [-0.15, -0.1) is 0 Å². The number of rotatable bonds is 4. The van der Waals surface area contributed by atoms with Crippen molar-refractivity contribution in [2.24, 2.45) is 0 Å². The minimum Gasteiger partial charge on any atom is -0.383 e. The van der Waals surface area contributed by atoms with Gasteiger partial charge in [-0.05, 0) is 45.2 Å². The van der Waals surface area contributed by atoms with Crippen LogP contribution in [0.15, 0.2) is 30.7 Å². The lowest BCUT2D eigenvalue weighted by Crippen LogP contribution is -2.43. The van der Waals surface area contributed by atoms with Gasteiger partial charge in [0.1, 0.15) is 11.4 Å². The summed E-state index contributed by atoms with van der Waals surface area (Å²) in [5.41, 5.74) is 1.12. The van der Waals surface area contributed by atoms with Crippen LogP contribution >= 0.6 is 0 Å². The number of aryl methyl sites for hydroxylation is 1. The highest BCUT2D eigenvalue weighted by molar-refractivity contribution is 5.18. The third-order valence-corrected chi connectivity index (χ3v) is 4.74. The average molecular weight is 314 g/mol. The zero-order chi connectivity index (χ0) is 16.4. The van der Waals surface area contributed by atoms with Gasteiger partial charge >= 0.3 is 0 Å². The Kier molecular flexibility index (Phi) is 4.50. The molecule has 0 amide bonds. The first-order valence-electron chi connectivity index (χ1n) is 8.37. The first kappa shape index (κ1) is 16.1. The van der Waals surface area contributed by atoms with Crippen LogP contribution in [0, 0.1) is 6.92 Å². The van der Waals surface area contributed by atoms with Crippen molar-refractivity contribution in [3.8, 4) is 0 Å². The molecule has 1 fully saturated rings. The topological polar surface area (TPSA) is 54.2 Å². The zero-order valence-electron chi connectivity index (χ0n) is 14.2. The molecule has 5 nitrogen and oxygen atoms in total. The minimum atomic E-state index is -0.794. The number of likely N-dealkylation sites (tertiary alicyclic amines) is 1. The van der Waals surface area contributed by atoms with Crippen LogP contribution in [0.4, 0.5) is 0 Å². The fraction of sp³-hybridized carbons (Fsp3) is 0.556. The fourth-order valence-electron chi connectivity index (χ4n) is 3.22. The molecule has 1 N–H and O–H groups in total. The Hall–Kier alpha value is -1.72. The third kappa shape index (κ3) is 3.46. The summed E-state index contributed by atoms with van der Waals surface area (Å²) in [6.07, 6.45) is 7.17. The molecule has 1 aliphatic heterocycles. The van der Waals surface area contributed by atoms with E-state index in [1.807, 2.05) is 37.6 Å². The molecular formula is C18H26N4O. The maximum atomic E-state index is 10.9. The lowest BCUT2D eigenvalue weighted by atomic mass is 9.87. The van der Waals surface area contributed by atoms with Crippen LogP contribution in [0.25, 0.3) is 0 Å². The van der Waals surface area contributed by atoms with Crippen LogP contribution in [0.3, 0.4) is 0 Å². The van der Waals surface area contributed by atoms with Crippen molar-refractivity contribution >= 4 is 0 Å². The summed E-state index contributed by atoms with van der Waals surface area (Å²) in [6, 6.07) is 4.40. The molecule has 0 atom stereocenters. The number of nitrogens with zero attached hydrogens (tertiary/aromatic N) is 4. The van der Waals surface area contributed by atoms with Crippen molar-refractivity contribution in [2.45, 2.75) is 51.8 Å². The molecule has 2 aromatic heterocycles. The van der Waals surface area contributed by atoms with E-state index in [0.717, 1.165) is 36.7 Å². The average Bonchev–Trinajstić information content (AvgIpc) is 2.99. The van der Waals surface area contributed by atoms with Crippen LogP contribution in [-0.2, 0) is 12.1 Å². The third-order valence-electron chi connectivity index (χ3n) is 4.74. The van der Waals surface area contributed by atoms with E-state index in [-0.39, 0.29) is 0 Å². The summed E-state index contributed by atoms with van der Waals surface area (Å²) < 4.78 is 2.21. The molecule has 3 heterocycles. The lowest BCUT2D eigenvalue weighted by Gasteiger charge is -2.37. The van der Waals surface area contributed by atoms with Crippen molar-refractivity contribution in [1.82, 2.24) is 19.4 Å². The molecule has 1 saturated heterocycles. The predicted octanol–water partition coefficient (Wildman–Crippen LogP) is 2.65. The Morgan fingerprint density at radius 1 is 1.22 bits per heavy atom. The van der Waals surface area contributed by atoms with Crippen molar-refractivity contribution < 1.29 is 5.11 Å². The number of imidazole rings is 1. The largest absolute Gasteiger partial charge is 0.383 e. The number of aliphatic hydroxyl groups is 1. The molecular weight excluding hydrogens is 288 g/mol. The van der Waals surface area contributed by atoms with Gasteiger partial charge in [-0.2, -0.15) is 0 Å². The summed E-state index contributed by atoms with van der Waals surface area (Å²) >= 11 is 0. The summed E-state index contributed by atoms with van der Waals surface area (Å²) in [5, 5.41) is 10.9. The number of hydrogen-bond acceptors (Lipinski definition) is 4. The number of piperidine rings is 1. The van der Waals surface area contributed by atoms with E-state index in [4.69, 9.17) is 0 Å². The monoisotopic (exact) mass is 314 g/mol. The number of pyridine rings is 1. The van der Waals surface area contributed by atoms with Crippen LogP contribution in [0.2, 0.25) is 0 Å². The highest BCUT2D eigenvalue weighted by Crippen LogP contribution is 2.32. The molecule has 0 aromatic carbocycles. The van der Waals surface area contributed by atoms with Crippen LogP contribution in [0.1, 0.15) is 49.8 Å². The molecule has 5 heteroatoms. The quantitative estimate of drug-likeness (QED) is 0.942. The van der Waals surface area contributed by atoms with Gasteiger partial charge in [0.25, 0.3) is 0 Å². The maximum absolute atomic E-state index is 10.9. The van der Waals surface area contributed by atoms with Gasteiger partial charge in [0.15, 0.2) is 0 Å². The standard InChI is InChI=1S/C18H26N4O/c1-14(2)22-11-8-19-17(22)13-21-9-6-18(23,7-10-21)16-5-4-15(3)12-20-16/h4-5,8,11-12,14,23H,6-7,9-10,13H2,1-3H3. The first-order chi connectivity index (χ1) is 11.0. The second-order valence-electron chi connectivity index (χ2n) is 6.87. The Morgan fingerprint density at radius 2 is 1.96 bits per heavy atom. The SMILES string of the molecule is Cc1ccc(C2(O)CCN(Cc3nccn3C(C)C)CC2)nc1. The molecule has 0 saturated carbocycles. The highest BCUT2D eigenvalue weighted by Gasteiger charge is 2.35. The van der Waals surface area contributed by atoms with E-state index in [9.17, 15) is 5.11 Å². The van der Waals surface area contributed by atoms with Crippen LogP contribution < -0.4 is 0 Å². The Balaban J connectivity index is 1.64. The molecule has 3 rings (SSSR count). The lowest BCUT2D eigenvalue weighted by molar-refractivity contribution is -0.0318. The van der Waals surface area contributed by atoms with Gasteiger partial charge in [0.2, 0.25) is 0 Å². The highest BCUT2D eigenvalue weighted by atomic mass is 16.3. The van der Waals surface area contributed by atoms with Crippen molar-refractivity contribution in [3.63, 3.8) is 0 Å². The molecule has 0 bridgehead atoms. The minimum absolute atomic E-state index is 0.422. The van der Waals surface area contributed by atoms with E-state index >= 15 is 0 Å². The van der Waals surface area contributed by atoms with Gasteiger partial charge < -0.3 is 9.67 Å². The smallest absolute Gasteiger partial charge is 0.123 e. The van der Waals surface area contributed by atoms with Crippen LogP contribution in [0.5, 0.6) is 0 Å². The van der Waals surface area contributed by atoms with E-state index in [2.05, 4.69) is 33.3 Å². The number of aromatic nitrogens is 3. The maximum Gasteiger partial charge on any atom is 0.123 e. The van der Waals surface area contributed by atoms with E-state index < -0.39 is 5.60 Å². The summed E-state index contributed by atoms with van der Waals surface area (Å²) in [4.78, 5) is 11.3. The Morgan fingerprint density at radius 3 is 2.57 bits per heavy atom. The molecule has 124 valence electrons. The second-order valence-corrected chi connectivity index (χ2v) is 6.87. The van der Waals surface area contributed by atoms with Gasteiger partial charge in [-0.25, -0.2) is 4.98 Å². The summed E-state index contributed by atoms with van der Waals surface area (Å²) in [5.74, 6) is 1.10. The molecule has 0 aliphatic carbocycles. The predicted molar refractivity (Wildman–Crippen MR) is 90.0 cm³/mol. The molecule has 23 heavy (non-hydrogen) atoms. The van der Waals surface area contributed by atoms with Gasteiger partial charge in [0, 0.05) is 37.7 Å². The molecule has 0 unspecified atom stereocenters. The molecule has 2 aromatic rings. The van der Waals surface area contributed by atoms with Crippen molar-refractivity contribution in [2.75, 3.05) is 13.1 Å². The summed E-state index contributed by atoms with van der Waals surface area (Å²) in [6.45, 7) is 8.91. The van der Waals surface area contributed by atoms with Crippen molar-refractivity contribution in [3.05, 3.63) is 47.8 Å². The van der Waals surface area contributed by atoms with E-state index in [0.29, 0.717) is 18.9 Å². The number of hydrogen-bond donors (Lipinski definition) is 1. The van der Waals surface area contributed by atoms with Gasteiger partial charge in [-0.1, -0.05) is 6.07 Å². The molecule has 0 spiro atoms. The normalized spacial score (nSPS) is 18.5. The molecule has 0 radical (unpaired) electrons. The Labute approximate surface area is 138 Å². The Bertz CT molecular complexity index is 639. The van der Waals surface area contributed by atoms with Gasteiger partial charge in [0.05, 0.1) is 12.2 Å². The molecule has 1 aliphatic rings. The summed E-state index contributed by atoms with van der Waals surface area (Å²) in [7, 11) is 0. The van der Waals surface area contributed by atoms with Crippen LogP contribution in [-0.4, -0.2) is 37.6 Å². The zero-order valence-corrected chi connectivity index (χ0v) is 14.2. The fourth-order valence-corrected chi connectivity index (χ4v) is 3.22. The van der Waals surface area contributed by atoms with E-state index in [1.165, 1.54) is 0 Å². The van der Waals surface area contributed by atoms with E-state index in [1.54, 1.807) is 0 Å².